The molecule has 15 nitrogen and oxygen atoms in total. The van der Waals surface area contributed by atoms with Gasteiger partial charge in [-0.2, -0.15) is 5.26 Å². The summed E-state index contributed by atoms with van der Waals surface area (Å²) in [7, 11) is 0. The zero-order valence-corrected chi connectivity index (χ0v) is 16.5. The second kappa shape index (κ2) is 15.0. The highest BCUT2D eigenvalue weighted by Gasteiger charge is 2.04. The SMILES string of the molecule is N#CNC(=NCCO[N+](=O)[O-])c1cccnc1.O=C(NCCO[N+](=O)[O-])c1cccnc1. The summed E-state index contributed by atoms with van der Waals surface area (Å²) in [6.45, 7) is -0.183. The van der Waals surface area contributed by atoms with E-state index < -0.39 is 10.2 Å². The number of nitrogens with zero attached hydrogens (tertiary/aromatic N) is 6. The number of rotatable bonds is 10. The molecule has 0 bridgehead atoms. The number of aromatic nitrogens is 2. The van der Waals surface area contributed by atoms with E-state index in [0.29, 0.717) is 17.0 Å². The lowest BCUT2D eigenvalue weighted by atomic mass is 10.2. The number of amides is 1. The minimum absolute atomic E-state index is 0.0693. The van der Waals surface area contributed by atoms with Gasteiger partial charge in [-0.15, -0.1) is 20.2 Å². The molecule has 168 valence electrons. The number of pyridine rings is 2. The van der Waals surface area contributed by atoms with E-state index in [4.69, 9.17) is 5.26 Å². The van der Waals surface area contributed by atoms with Crippen molar-refractivity contribution in [1.29, 1.82) is 5.26 Å². The molecule has 0 spiro atoms. The molecule has 0 aliphatic carbocycles. The van der Waals surface area contributed by atoms with Gasteiger partial charge in [0.15, 0.2) is 6.19 Å². The Kier molecular flexibility index (Phi) is 11.8. The van der Waals surface area contributed by atoms with Crippen LogP contribution in [0.25, 0.3) is 0 Å². The second-order valence-corrected chi connectivity index (χ2v) is 5.32. The Balaban J connectivity index is 0.000000323. The lowest BCUT2D eigenvalue weighted by Crippen LogP contribution is -2.27. The molecule has 0 atom stereocenters. The van der Waals surface area contributed by atoms with Crippen molar-refractivity contribution in [3.8, 4) is 6.19 Å². The first-order chi connectivity index (χ1) is 15.4. The lowest BCUT2D eigenvalue weighted by molar-refractivity contribution is -0.757. The number of amidine groups is 1. The first kappa shape index (κ1) is 25.2. The molecule has 0 aromatic carbocycles. The number of nitrogens with one attached hydrogen (secondary N) is 2. The smallest absolute Gasteiger partial charge is 0.294 e. The molecule has 0 fully saturated rings. The van der Waals surface area contributed by atoms with E-state index in [9.17, 15) is 25.0 Å². The molecule has 2 heterocycles. The van der Waals surface area contributed by atoms with Gasteiger partial charge in [-0.3, -0.25) is 25.1 Å². The van der Waals surface area contributed by atoms with Gasteiger partial charge in [0, 0.05) is 36.9 Å². The van der Waals surface area contributed by atoms with E-state index in [1.54, 1.807) is 42.9 Å². The number of hydrogen-bond acceptors (Lipinski definition) is 11. The van der Waals surface area contributed by atoms with E-state index in [1.807, 2.05) is 0 Å². The maximum absolute atomic E-state index is 11.3. The fourth-order valence-electron chi connectivity index (χ4n) is 1.92. The normalized spacial score (nSPS) is 9.91. The van der Waals surface area contributed by atoms with Gasteiger partial charge in [0.05, 0.1) is 12.1 Å². The number of nitriles is 1. The molecule has 0 saturated carbocycles. The topological polar surface area (TPSA) is 208 Å². The van der Waals surface area contributed by atoms with Crippen LogP contribution in [-0.4, -0.2) is 58.2 Å². The van der Waals surface area contributed by atoms with Crippen molar-refractivity contribution in [1.82, 2.24) is 20.6 Å². The summed E-state index contributed by atoms with van der Waals surface area (Å²) in [5.74, 6) is -0.0393. The van der Waals surface area contributed by atoms with Gasteiger partial charge in [-0.05, 0) is 24.3 Å². The van der Waals surface area contributed by atoms with Crippen LogP contribution < -0.4 is 10.6 Å². The maximum atomic E-state index is 11.3. The monoisotopic (exact) mass is 446 g/mol. The van der Waals surface area contributed by atoms with Crippen molar-refractivity contribution >= 4 is 11.7 Å². The summed E-state index contributed by atoms with van der Waals surface area (Å²) in [5, 5.41) is 31.2. The second-order valence-electron chi connectivity index (χ2n) is 5.32. The van der Waals surface area contributed by atoms with Crippen molar-refractivity contribution in [3.63, 3.8) is 0 Å². The van der Waals surface area contributed by atoms with Crippen molar-refractivity contribution in [2.45, 2.75) is 0 Å². The Hall–Kier alpha value is -4.87. The minimum Gasteiger partial charge on any atom is -0.350 e. The highest BCUT2D eigenvalue weighted by Crippen LogP contribution is 1.97. The van der Waals surface area contributed by atoms with Gasteiger partial charge in [0.1, 0.15) is 19.0 Å². The van der Waals surface area contributed by atoms with E-state index in [1.165, 1.54) is 12.4 Å². The fraction of sp³-hybridized carbons (Fsp3) is 0.235. The molecule has 0 radical (unpaired) electrons. The summed E-state index contributed by atoms with van der Waals surface area (Å²) in [6, 6.07) is 6.63. The molecule has 0 unspecified atom stereocenters. The van der Waals surface area contributed by atoms with Crippen LogP contribution in [0.15, 0.2) is 54.0 Å². The predicted octanol–water partition coefficient (Wildman–Crippen LogP) is 0.127. The zero-order valence-electron chi connectivity index (χ0n) is 16.5. The van der Waals surface area contributed by atoms with Gasteiger partial charge in [-0.1, -0.05) is 0 Å². The highest BCUT2D eigenvalue weighted by atomic mass is 17.0. The number of carbonyl (C=O) groups excluding carboxylic acids is 1. The molecule has 2 aromatic heterocycles. The molecule has 0 aliphatic heterocycles. The van der Waals surface area contributed by atoms with Crippen LogP contribution in [0, 0.1) is 31.7 Å². The van der Waals surface area contributed by atoms with Gasteiger partial charge < -0.3 is 15.0 Å². The quantitative estimate of drug-likeness (QED) is 0.0952. The van der Waals surface area contributed by atoms with Crippen LogP contribution in [0.1, 0.15) is 15.9 Å². The van der Waals surface area contributed by atoms with Gasteiger partial charge in [0.2, 0.25) is 0 Å². The van der Waals surface area contributed by atoms with Crippen molar-refractivity contribution in [2.75, 3.05) is 26.3 Å². The van der Waals surface area contributed by atoms with E-state index in [0.717, 1.165) is 0 Å². The summed E-state index contributed by atoms with van der Waals surface area (Å²) in [4.78, 5) is 50.7. The maximum Gasteiger partial charge on any atom is 0.294 e. The van der Waals surface area contributed by atoms with Crippen molar-refractivity contribution in [2.24, 2.45) is 4.99 Å². The zero-order chi connectivity index (χ0) is 23.6. The third kappa shape index (κ3) is 11.2. The Morgan fingerprint density at radius 3 is 2.19 bits per heavy atom. The first-order valence-electron chi connectivity index (χ1n) is 8.76. The fourth-order valence-corrected chi connectivity index (χ4v) is 1.92. The van der Waals surface area contributed by atoms with Crippen LogP contribution in [0.5, 0.6) is 0 Å². The van der Waals surface area contributed by atoms with Gasteiger partial charge in [0.25, 0.3) is 16.1 Å². The molecular weight excluding hydrogens is 428 g/mol. The minimum atomic E-state index is -0.907. The Labute approximate surface area is 180 Å². The third-order valence-corrected chi connectivity index (χ3v) is 3.18. The summed E-state index contributed by atoms with van der Waals surface area (Å²) < 4.78 is 0. The highest BCUT2D eigenvalue weighted by molar-refractivity contribution is 5.99. The van der Waals surface area contributed by atoms with Crippen molar-refractivity contribution in [3.05, 3.63) is 80.4 Å². The molecule has 32 heavy (non-hydrogen) atoms. The largest absolute Gasteiger partial charge is 0.350 e. The summed E-state index contributed by atoms with van der Waals surface area (Å²) in [5.41, 5.74) is 1.02. The van der Waals surface area contributed by atoms with Gasteiger partial charge in [-0.25, -0.2) is 0 Å². The van der Waals surface area contributed by atoms with Crippen LogP contribution in [-0.2, 0) is 9.68 Å². The molecule has 0 saturated heterocycles. The molecule has 1 amide bonds. The first-order valence-corrected chi connectivity index (χ1v) is 8.76. The Bertz CT molecular complexity index is 935. The summed E-state index contributed by atoms with van der Waals surface area (Å²) in [6.07, 6.45) is 7.80. The van der Waals surface area contributed by atoms with Crippen molar-refractivity contribution < 1.29 is 24.6 Å². The number of hydrogen-bond donors (Lipinski definition) is 2. The van der Waals surface area contributed by atoms with Crippen LogP contribution >= 0.6 is 0 Å². The number of aliphatic imine (C=N–C) groups is 1. The molecule has 15 heteroatoms. The van der Waals surface area contributed by atoms with E-state index >= 15 is 0 Å². The Morgan fingerprint density at radius 1 is 1.06 bits per heavy atom. The van der Waals surface area contributed by atoms with E-state index in [-0.39, 0.29) is 32.2 Å². The average molecular weight is 446 g/mol. The molecule has 2 rings (SSSR count). The molecular formula is C17H18N8O7. The van der Waals surface area contributed by atoms with Crippen LogP contribution in [0.3, 0.4) is 0 Å². The third-order valence-electron chi connectivity index (χ3n) is 3.18. The van der Waals surface area contributed by atoms with E-state index in [2.05, 4.69) is 35.3 Å². The van der Waals surface area contributed by atoms with Crippen LogP contribution in [0.2, 0.25) is 0 Å². The molecule has 2 N–H and O–H groups in total. The predicted molar refractivity (Wildman–Crippen MR) is 107 cm³/mol. The number of carbonyl (C=O) groups is 1. The standard InChI is InChI=1S/C9H9N5O3.C8H9N3O4/c10-7-13-9(8-2-1-3-11-6-8)12-4-5-17-14(15)16;12-8(7-2-1-3-9-6-7)10-4-5-15-11(13)14/h1-3,6H,4-5H2,(H,12,13);1-3,6H,4-5H2,(H,10,12). The average Bonchev–Trinajstić information content (AvgIpc) is 2.80. The van der Waals surface area contributed by atoms with Crippen LogP contribution in [0.4, 0.5) is 0 Å². The lowest BCUT2D eigenvalue weighted by Gasteiger charge is -2.03. The Morgan fingerprint density at radius 2 is 1.66 bits per heavy atom. The molecule has 0 aliphatic rings. The van der Waals surface area contributed by atoms with Gasteiger partial charge >= 0.3 is 0 Å². The molecule has 2 aromatic rings. The summed E-state index contributed by atoms with van der Waals surface area (Å²) >= 11 is 0.